The molecule has 1 saturated heterocycles. The van der Waals surface area contributed by atoms with Gasteiger partial charge < -0.3 is 9.64 Å². The number of fused-ring (bicyclic) bond motifs is 1. The van der Waals surface area contributed by atoms with Gasteiger partial charge in [0, 0.05) is 37.6 Å². The number of nitrogens with zero attached hydrogens (tertiary/aromatic N) is 4. The van der Waals surface area contributed by atoms with Crippen LogP contribution < -0.4 is 0 Å². The smallest absolute Gasteiger partial charge is 0.223 e. The summed E-state index contributed by atoms with van der Waals surface area (Å²) in [5.41, 5.74) is 5.27. The molecule has 1 aliphatic rings. The molecule has 0 radical (unpaired) electrons. The maximum atomic E-state index is 12.7. The van der Waals surface area contributed by atoms with Crippen molar-refractivity contribution in [3.63, 3.8) is 0 Å². The van der Waals surface area contributed by atoms with Crippen LogP contribution in [0.2, 0.25) is 0 Å². The molecule has 0 unspecified atom stereocenters. The second-order valence-corrected chi connectivity index (χ2v) is 7.26. The number of amides is 1. The first-order valence-corrected chi connectivity index (χ1v) is 9.00. The molecule has 3 rings (SSSR count). The van der Waals surface area contributed by atoms with Gasteiger partial charge >= 0.3 is 0 Å². The van der Waals surface area contributed by atoms with Gasteiger partial charge in [0.1, 0.15) is 0 Å². The summed E-state index contributed by atoms with van der Waals surface area (Å²) in [6.45, 7) is 11.6. The molecule has 0 spiro atoms. The minimum absolute atomic E-state index is 0.104. The summed E-state index contributed by atoms with van der Waals surface area (Å²) in [4.78, 5) is 19.3. The van der Waals surface area contributed by atoms with Crippen molar-refractivity contribution >= 4 is 16.9 Å². The molecule has 0 bridgehead atoms. The molecule has 1 fully saturated rings. The van der Waals surface area contributed by atoms with Crippen LogP contribution in [0.15, 0.2) is 0 Å². The number of pyridine rings is 1. The monoisotopic (exact) mass is 344 g/mol. The van der Waals surface area contributed by atoms with Gasteiger partial charge in [0.2, 0.25) is 5.91 Å². The maximum Gasteiger partial charge on any atom is 0.223 e. The van der Waals surface area contributed by atoms with E-state index in [0.717, 1.165) is 22.4 Å². The van der Waals surface area contributed by atoms with Gasteiger partial charge in [0.25, 0.3) is 0 Å². The van der Waals surface area contributed by atoms with Crippen molar-refractivity contribution < 1.29 is 9.53 Å². The topological polar surface area (TPSA) is 60.2 Å². The molecule has 2 aromatic heterocycles. The van der Waals surface area contributed by atoms with Crippen molar-refractivity contribution in [2.75, 3.05) is 13.1 Å². The summed E-state index contributed by atoms with van der Waals surface area (Å²) < 4.78 is 7.55. The van der Waals surface area contributed by atoms with Crippen LogP contribution in [0.4, 0.5) is 0 Å². The zero-order chi connectivity index (χ0) is 18.3. The third-order valence-corrected chi connectivity index (χ3v) is 5.09. The van der Waals surface area contributed by atoms with E-state index in [0.29, 0.717) is 25.9 Å². The number of aryl methyl sites for hydroxylation is 4. The summed E-state index contributed by atoms with van der Waals surface area (Å²) in [5, 5.41) is 5.60. The van der Waals surface area contributed by atoms with Crippen molar-refractivity contribution in [1.82, 2.24) is 19.7 Å². The van der Waals surface area contributed by atoms with Crippen molar-refractivity contribution in [2.45, 2.75) is 59.7 Å². The third kappa shape index (κ3) is 3.40. The minimum atomic E-state index is 0.104. The van der Waals surface area contributed by atoms with Crippen molar-refractivity contribution in [1.29, 1.82) is 0 Å². The molecule has 0 saturated carbocycles. The molecule has 25 heavy (non-hydrogen) atoms. The summed E-state index contributed by atoms with van der Waals surface area (Å²) in [7, 11) is 1.92. The van der Waals surface area contributed by atoms with Gasteiger partial charge in [0.15, 0.2) is 5.65 Å². The standard InChI is InChI=1S/C19H28N4O2/c1-11-9-23(10-12(2)25-11)17(24)8-7-16-13(3)18-15(5)21-22(6)19(18)20-14(16)4/h11-12H,7-10H2,1-6H3/t11-,12+. The average Bonchev–Trinajstić information content (AvgIpc) is 2.80. The molecular weight excluding hydrogens is 316 g/mol. The van der Waals surface area contributed by atoms with Crippen LogP contribution >= 0.6 is 0 Å². The lowest BCUT2D eigenvalue weighted by atomic mass is 9.99. The molecule has 0 N–H and O–H groups in total. The van der Waals surface area contributed by atoms with Crippen LogP contribution in [0.5, 0.6) is 0 Å². The van der Waals surface area contributed by atoms with E-state index >= 15 is 0 Å². The Morgan fingerprint density at radius 2 is 1.80 bits per heavy atom. The Hall–Kier alpha value is -1.95. The number of aromatic nitrogens is 3. The number of hydrogen-bond donors (Lipinski definition) is 0. The van der Waals surface area contributed by atoms with Gasteiger partial charge in [-0.25, -0.2) is 4.98 Å². The molecule has 1 amide bonds. The Bertz CT molecular complexity index is 802. The van der Waals surface area contributed by atoms with E-state index in [1.165, 1.54) is 11.1 Å². The van der Waals surface area contributed by atoms with Crippen LogP contribution in [0.25, 0.3) is 11.0 Å². The Balaban J connectivity index is 1.79. The highest BCUT2D eigenvalue weighted by Crippen LogP contribution is 2.26. The minimum Gasteiger partial charge on any atom is -0.372 e. The molecule has 1 aliphatic heterocycles. The first kappa shape index (κ1) is 17.9. The van der Waals surface area contributed by atoms with Crippen LogP contribution in [0.1, 0.15) is 42.8 Å². The fourth-order valence-electron chi connectivity index (χ4n) is 4.00. The third-order valence-electron chi connectivity index (χ3n) is 5.09. The highest BCUT2D eigenvalue weighted by Gasteiger charge is 2.26. The molecule has 3 heterocycles. The number of carbonyl (C=O) groups excluding carboxylic acids is 1. The Labute approximate surface area is 149 Å². The zero-order valence-corrected chi connectivity index (χ0v) is 16.1. The zero-order valence-electron chi connectivity index (χ0n) is 16.1. The van der Waals surface area contributed by atoms with Crippen LogP contribution in [0.3, 0.4) is 0 Å². The lowest BCUT2D eigenvalue weighted by molar-refractivity contribution is -0.143. The van der Waals surface area contributed by atoms with E-state index in [2.05, 4.69) is 12.0 Å². The molecular formula is C19H28N4O2. The van der Waals surface area contributed by atoms with Gasteiger partial charge in [-0.1, -0.05) is 0 Å². The van der Waals surface area contributed by atoms with Crippen molar-refractivity contribution in [3.05, 3.63) is 22.5 Å². The first-order valence-electron chi connectivity index (χ1n) is 9.00. The molecule has 2 aromatic rings. The molecule has 136 valence electrons. The van der Waals surface area contributed by atoms with Crippen LogP contribution in [-0.2, 0) is 23.0 Å². The highest BCUT2D eigenvalue weighted by atomic mass is 16.5. The van der Waals surface area contributed by atoms with Crippen molar-refractivity contribution in [3.8, 4) is 0 Å². The average molecular weight is 344 g/mol. The number of rotatable bonds is 3. The summed E-state index contributed by atoms with van der Waals surface area (Å²) >= 11 is 0. The normalized spacial score (nSPS) is 21.1. The second-order valence-electron chi connectivity index (χ2n) is 7.26. The lowest BCUT2D eigenvalue weighted by Crippen LogP contribution is -2.48. The largest absolute Gasteiger partial charge is 0.372 e. The number of carbonyl (C=O) groups is 1. The molecule has 0 aliphatic carbocycles. The number of ether oxygens (including phenoxy) is 1. The summed E-state index contributed by atoms with van der Waals surface area (Å²) in [6, 6.07) is 0. The van der Waals surface area contributed by atoms with Gasteiger partial charge in [0.05, 0.1) is 17.9 Å². The quantitative estimate of drug-likeness (QED) is 0.858. The number of hydrogen-bond acceptors (Lipinski definition) is 4. The molecule has 6 nitrogen and oxygen atoms in total. The van der Waals surface area contributed by atoms with Gasteiger partial charge in [-0.05, 0) is 52.2 Å². The van der Waals surface area contributed by atoms with Crippen LogP contribution in [-0.4, -0.2) is 50.9 Å². The Morgan fingerprint density at radius 3 is 2.44 bits per heavy atom. The van der Waals surface area contributed by atoms with Gasteiger partial charge in [-0.2, -0.15) is 5.10 Å². The Kier molecular flexibility index (Phi) is 4.82. The second kappa shape index (κ2) is 6.75. The van der Waals surface area contributed by atoms with Gasteiger partial charge in [-0.3, -0.25) is 9.48 Å². The fraction of sp³-hybridized carbons (Fsp3) is 0.632. The molecule has 0 aromatic carbocycles. The SMILES string of the molecule is Cc1nc2c(c(C)nn2C)c(C)c1CCC(=O)N1C[C@@H](C)O[C@@H](C)C1. The van der Waals surface area contributed by atoms with E-state index in [9.17, 15) is 4.79 Å². The van der Waals surface area contributed by atoms with E-state index in [1.807, 2.05) is 44.3 Å². The number of morpholine rings is 1. The predicted octanol–water partition coefficient (Wildman–Crippen LogP) is 2.46. The summed E-state index contributed by atoms with van der Waals surface area (Å²) in [6.07, 6.45) is 1.43. The van der Waals surface area contributed by atoms with Crippen LogP contribution in [0, 0.1) is 20.8 Å². The van der Waals surface area contributed by atoms with Gasteiger partial charge in [-0.15, -0.1) is 0 Å². The Morgan fingerprint density at radius 1 is 1.16 bits per heavy atom. The molecule has 2 atom stereocenters. The van der Waals surface area contributed by atoms with E-state index < -0.39 is 0 Å². The maximum absolute atomic E-state index is 12.7. The fourth-order valence-corrected chi connectivity index (χ4v) is 4.00. The van der Waals surface area contributed by atoms with E-state index in [4.69, 9.17) is 9.72 Å². The predicted molar refractivity (Wildman–Crippen MR) is 97.6 cm³/mol. The van der Waals surface area contributed by atoms with E-state index in [1.54, 1.807) is 0 Å². The highest BCUT2D eigenvalue weighted by molar-refractivity contribution is 5.84. The first-order chi connectivity index (χ1) is 11.8. The lowest BCUT2D eigenvalue weighted by Gasteiger charge is -2.35. The molecule has 6 heteroatoms. The van der Waals surface area contributed by atoms with Crippen molar-refractivity contribution in [2.24, 2.45) is 7.05 Å². The van der Waals surface area contributed by atoms with E-state index in [-0.39, 0.29) is 18.1 Å². The summed E-state index contributed by atoms with van der Waals surface area (Å²) in [5.74, 6) is 0.198.